The molecule has 1 amide bonds. The van der Waals surface area contributed by atoms with Crippen LogP contribution in [-0.2, 0) is 4.79 Å². The molecule has 0 aromatic carbocycles. The highest BCUT2D eigenvalue weighted by molar-refractivity contribution is 5.75. The molecule has 0 saturated carbocycles. The average molecular weight is 187 g/mol. The van der Waals surface area contributed by atoms with Gasteiger partial charge in [0.1, 0.15) is 0 Å². The quantitative estimate of drug-likeness (QED) is 0.612. The molecular weight excluding hydrogens is 166 g/mol. The Morgan fingerprint density at radius 3 is 2.54 bits per heavy atom. The molecule has 0 aromatic rings. The summed E-state index contributed by atoms with van der Waals surface area (Å²) >= 11 is 0. The summed E-state index contributed by atoms with van der Waals surface area (Å²) in [5, 5.41) is 8.53. The van der Waals surface area contributed by atoms with E-state index < -0.39 is 0 Å². The lowest BCUT2D eigenvalue weighted by atomic mass is 10.2. The van der Waals surface area contributed by atoms with E-state index in [2.05, 4.69) is 6.92 Å². The number of nitrogens with zero attached hydrogens (tertiary/aromatic N) is 1. The van der Waals surface area contributed by atoms with Crippen molar-refractivity contribution in [2.45, 2.75) is 39.0 Å². The molecule has 78 valence electrons. The number of unbranched alkanes of at least 4 members (excludes halogenated alkanes) is 2. The molecule has 0 heterocycles. The number of hydrogen-bond acceptors (Lipinski definition) is 2. The molecule has 0 aromatic heterocycles. The first kappa shape index (κ1) is 12.4. The number of carbonyl (C=O) groups excluding carboxylic acids is 1. The molecule has 0 rings (SSSR count). The Bertz CT molecular complexity index is 137. The summed E-state index contributed by atoms with van der Waals surface area (Å²) in [6.07, 6.45) is 4.29. The standard InChI is InChI=1S/C10H21NO2/c1-3-4-8-11(2)10(13)7-5-6-9-12/h12H,3-9H2,1-2H3. The van der Waals surface area contributed by atoms with Crippen LogP contribution in [0.2, 0.25) is 0 Å². The molecule has 3 nitrogen and oxygen atoms in total. The maximum absolute atomic E-state index is 11.4. The van der Waals surface area contributed by atoms with Crippen molar-refractivity contribution in [3.05, 3.63) is 0 Å². The Morgan fingerprint density at radius 1 is 1.31 bits per heavy atom. The van der Waals surface area contributed by atoms with E-state index >= 15 is 0 Å². The zero-order chi connectivity index (χ0) is 10.1. The van der Waals surface area contributed by atoms with E-state index in [1.807, 2.05) is 7.05 Å². The van der Waals surface area contributed by atoms with Crippen LogP contribution in [0, 0.1) is 0 Å². The normalized spacial score (nSPS) is 10.1. The zero-order valence-corrected chi connectivity index (χ0v) is 8.75. The monoisotopic (exact) mass is 187 g/mol. The van der Waals surface area contributed by atoms with Crippen LogP contribution in [0.1, 0.15) is 39.0 Å². The molecule has 0 bridgehead atoms. The molecule has 13 heavy (non-hydrogen) atoms. The molecule has 0 fully saturated rings. The molecule has 0 atom stereocenters. The van der Waals surface area contributed by atoms with Gasteiger partial charge in [-0.3, -0.25) is 4.79 Å². The second kappa shape index (κ2) is 8.05. The first-order valence-corrected chi connectivity index (χ1v) is 5.07. The second-order valence-corrected chi connectivity index (χ2v) is 3.35. The van der Waals surface area contributed by atoms with Gasteiger partial charge in [0.25, 0.3) is 0 Å². The molecule has 3 heteroatoms. The number of aliphatic hydroxyl groups is 1. The summed E-state index contributed by atoms with van der Waals surface area (Å²) in [6.45, 7) is 3.16. The lowest BCUT2D eigenvalue weighted by Crippen LogP contribution is -2.27. The van der Waals surface area contributed by atoms with Gasteiger partial charge in [0.15, 0.2) is 0 Å². The van der Waals surface area contributed by atoms with Crippen LogP contribution in [0.15, 0.2) is 0 Å². The van der Waals surface area contributed by atoms with E-state index in [0.717, 1.165) is 32.2 Å². The lowest BCUT2D eigenvalue weighted by Gasteiger charge is -2.16. The molecule has 0 aliphatic carbocycles. The van der Waals surface area contributed by atoms with Gasteiger partial charge in [0.2, 0.25) is 5.91 Å². The Hall–Kier alpha value is -0.570. The topological polar surface area (TPSA) is 40.5 Å². The Morgan fingerprint density at radius 2 is 2.00 bits per heavy atom. The number of aliphatic hydroxyl groups excluding tert-OH is 1. The van der Waals surface area contributed by atoms with Gasteiger partial charge in [0, 0.05) is 26.6 Å². The van der Waals surface area contributed by atoms with Gasteiger partial charge in [-0.1, -0.05) is 13.3 Å². The molecule has 0 aliphatic heterocycles. The molecule has 0 unspecified atom stereocenters. The van der Waals surface area contributed by atoms with Crippen molar-refractivity contribution in [1.82, 2.24) is 4.90 Å². The Kier molecular flexibility index (Phi) is 7.69. The van der Waals surface area contributed by atoms with Gasteiger partial charge < -0.3 is 10.0 Å². The van der Waals surface area contributed by atoms with Crippen molar-refractivity contribution in [3.63, 3.8) is 0 Å². The largest absolute Gasteiger partial charge is 0.396 e. The van der Waals surface area contributed by atoms with Gasteiger partial charge in [-0.15, -0.1) is 0 Å². The van der Waals surface area contributed by atoms with E-state index in [1.54, 1.807) is 4.90 Å². The van der Waals surface area contributed by atoms with Crippen molar-refractivity contribution >= 4 is 5.91 Å². The number of rotatable bonds is 7. The second-order valence-electron chi connectivity index (χ2n) is 3.35. The summed E-state index contributed by atoms with van der Waals surface area (Å²) < 4.78 is 0. The third kappa shape index (κ3) is 6.58. The maximum Gasteiger partial charge on any atom is 0.222 e. The summed E-state index contributed by atoms with van der Waals surface area (Å²) in [7, 11) is 1.84. The minimum absolute atomic E-state index is 0.186. The van der Waals surface area contributed by atoms with E-state index in [0.29, 0.717) is 6.42 Å². The fraction of sp³-hybridized carbons (Fsp3) is 0.900. The number of carbonyl (C=O) groups is 1. The molecule has 0 aliphatic rings. The van der Waals surface area contributed by atoms with Crippen LogP contribution in [0.5, 0.6) is 0 Å². The van der Waals surface area contributed by atoms with Crippen molar-refractivity contribution < 1.29 is 9.90 Å². The van der Waals surface area contributed by atoms with Crippen LogP contribution >= 0.6 is 0 Å². The van der Waals surface area contributed by atoms with Crippen LogP contribution in [-0.4, -0.2) is 36.1 Å². The van der Waals surface area contributed by atoms with Gasteiger partial charge >= 0.3 is 0 Å². The molecular formula is C10H21NO2. The summed E-state index contributed by atoms with van der Waals surface area (Å²) in [5.41, 5.74) is 0. The van der Waals surface area contributed by atoms with E-state index in [4.69, 9.17) is 5.11 Å². The summed E-state index contributed by atoms with van der Waals surface area (Å²) in [5.74, 6) is 0.196. The first-order chi connectivity index (χ1) is 6.22. The number of amides is 1. The van der Waals surface area contributed by atoms with Gasteiger partial charge in [-0.05, 0) is 19.3 Å². The molecule has 0 spiro atoms. The third-order valence-electron chi connectivity index (χ3n) is 2.07. The van der Waals surface area contributed by atoms with E-state index in [9.17, 15) is 4.79 Å². The third-order valence-corrected chi connectivity index (χ3v) is 2.07. The smallest absolute Gasteiger partial charge is 0.222 e. The average Bonchev–Trinajstić information content (AvgIpc) is 2.14. The van der Waals surface area contributed by atoms with Gasteiger partial charge in [-0.25, -0.2) is 0 Å². The predicted molar refractivity (Wildman–Crippen MR) is 53.5 cm³/mol. The van der Waals surface area contributed by atoms with Crippen LogP contribution in [0.3, 0.4) is 0 Å². The van der Waals surface area contributed by atoms with Gasteiger partial charge in [0.05, 0.1) is 0 Å². The highest BCUT2D eigenvalue weighted by atomic mass is 16.2. The van der Waals surface area contributed by atoms with Crippen LogP contribution < -0.4 is 0 Å². The highest BCUT2D eigenvalue weighted by Crippen LogP contribution is 2.00. The molecule has 1 N–H and O–H groups in total. The Labute approximate surface area is 80.7 Å². The molecule has 0 saturated heterocycles. The molecule has 0 radical (unpaired) electrons. The minimum Gasteiger partial charge on any atom is -0.396 e. The van der Waals surface area contributed by atoms with Crippen molar-refractivity contribution in [3.8, 4) is 0 Å². The van der Waals surface area contributed by atoms with Crippen LogP contribution in [0.4, 0.5) is 0 Å². The zero-order valence-electron chi connectivity index (χ0n) is 8.75. The predicted octanol–water partition coefficient (Wildman–Crippen LogP) is 1.41. The Balaban J connectivity index is 3.45. The highest BCUT2D eigenvalue weighted by Gasteiger charge is 2.06. The number of hydrogen-bond donors (Lipinski definition) is 1. The first-order valence-electron chi connectivity index (χ1n) is 5.07. The summed E-state index contributed by atoms with van der Waals surface area (Å²) in [6, 6.07) is 0. The van der Waals surface area contributed by atoms with Crippen LogP contribution in [0.25, 0.3) is 0 Å². The summed E-state index contributed by atoms with van der Waals surface area (Å²) in [4.78, 5) is 13.1. The maximum atomic E-state index is 11.4. The fourth-order valence-corrected chi connectivity index (χ4v) is 1.10. The fourth-order valence-electron chi connectivity index (χ4n) is 1.10. The van der Waals surface area contributed by atoms with Crippen molar-refractivity contribution in [1.29, 1.82) is 0 Å². The van der Waals surface area contributed by atoms with E-state index in [1.165, 1.54) is 0 Å². The van der Waals surface area contributed by atoms with E-state index in [-0.39, 0.29) is 12.5 Å². The van der Waals surface area contributed by atoms with Crippen molar-refractivity contribution in [2.75, 3.05) is 20.2 Å². The lowest BCUT2D eigenvalue weighted by molar-refractivity contribution is -0.130. The van der Waals surface area contributed by atoms with Gasteiger partial charge in [-0.2, -0.15) is 0 Å². The SMILES string of the molecule is CCCCN(C)C(=O)CCCCO. The minimum atomic E-state index is 0.186. The van der Waals surface area contributed by atoms with Crippen molar-refractivity contribution in [2.24, 2.45) is 0 Å².